The summed E-state index contributed by atoms with van der Waals surface area (Å²) in [7, 11) is 0. The molecule has 2 aromatic heterocycles. The molecule has 0 N–H and O–H groups in total. The SMILES string of the molecule is CC1(C)c2cc(-c3cc(-c4nc(-c5ccccc5)nc(-c5ccc(-c6ccccc6)cc5)n4)cc(-c4cccc5cccnc45)c3)ccc2-c2cccc(C#N)c21. The summed E-state index contributed by atoms with van der Waals surface area (Å²) in [5, 5.41) is 11.1. The monoisotopic (exact) mass is 729 g/mol. The second kappa shape index (κ2) is 13.6. The molecule has 0 saturated heterocycles. The van der Waals surface area contributed by atoms with Crippen molar-refractivity contribution < 1.29 is 0 Å². The maximum atomic E-state index is 10.1. The van der Waals surface area contributed by atoms with E-state index in [4.69, 9.17) is 19.9 Å². The zero-order chi connectivity index (χ0) is 38.5. The van der Waals surface area contributed by atoms with Crippen molar-refractivity contribution in [3.63, 3.8) is 0 Å². The number of hydrogen-bond donors (Lipinski definition) is 0. The Balaban J connectivity index is 1.17. The number of fused-ring (bicyclic) bond motifs is 4. The summed E-state index contributed by atoms with van der Waals surface area (Å²) >= 11 is 0. The Bertz CT molecular complexity index is 3030. The molecular weight excluding hydrogens is 695 g/mol. The molecule has 0 amide bonds. The first-order valence-electron chi connectivity index (χ1n) is 19.1. The molecule has 0 unspecified atom stereocenters. The van der Waals surface area contributed by atoms with Crippen LogP contribution in [0.5, 0.6) is 0 Å². The zero-order valence-corrected chi connectivity index (χ0v) is 31.5. The maximum Gasteiger partial charge on any atom is 0.164 e. The highest BCUT2D eigenvalue weighted by Crippen LogP contribution is 2.51. The predicted molar refractivity (Wildman–Crippen MR) is 230 cm³/mol. The van der Waals surface area contributed by atoms with Crippen molar-refractivity contribution in [1.29, 1.82) is 5.26 Å². The van der Waals surface area contributed by atoms with Crippen LogP contribution in [0.15, 0.2) is 176 Å². The molecule has 57 heavy (non-hydrogen) atoms. The van der Waals surface area contributed by atoms with Gasteiger partial charge in [-0.3, -0.25) is 4.98 Å². The quantitative estimate of drug-likeness (QED) is 0.170. The normalized spacial score (nSPS) is 12.5. The van der Waals surface area contributed by atoms with Crippen LogP contribution in [0.2, 0.25) is 0 Å². The Labute approximate surface area is 331 Å². The molecular formula is C52H35N5. The lowest BCUT2D eigenvalue weighted by Crippen LogP contribution is -2.16. The van der Waals surface area contributed by atoms with Gasteiger partial charge in [0.2, 0.25) is 0 Å². The Morgan fingerprint density at radius 2 is 1.00 bits per heavy atom. The average Bonchev–Trinajstić information content (AvgIpc) is 3.52. The van der Waals surface area contributed by atoms with E-state index in [1.165, 1.54) is 11.1 Å². The second-order valence-electron chi connectivity index (χ2n) is 15.0. The number of benzene rings is 7. The van der Waals surface area contributed by atoms with Gasteiger partial charge in [0.1, 0.15) is 0 Å². The highest BCUT2D eigenvalue weighted by Gasteiger charge is 2.37. The van der Waals surface area contributed by atoms with Gasteiger partial charge in [-0.25, -0.2) is 15.0 Å². The van der Waals surface area contributed by atoms with Crippen LogP contribution in [-0.4, -0.2) is 19.9 Å². The van der Waals surface area contributed by atoms with Crippen LogP contribution >= 0.6 is 0 Å². The Hall–Kier alpha value is -7.55. The average molecular weight is 730 g/mol. The summed E-state index contributed by atoms with van der Waals surface area (Å²) in [5.74, 6) is 1.78. The molecule has 0 bridgehead atoms. The van der Waals surface area contributed by atoms with Crippen molar-refractivity contribution in [2.24, 2.45) is 0 Å². The molecule has 0 saturated carbocycles. The minimum absolute atomic E-state index is 0.350. The lowest BCUT2D eigenvalue weighted by molar-refractivity contribution is 0.658. The van der Waals surface area contributed by atoms with E-state index >= 15 is 0 Å². The number of para-hydroxylation sites is 1. The first-order chi connectivity index (χ1) is 27.9. The lowest BCUT2D eigenvalue weighted by Gasteiger charge is -2.23. The van der Waals surface area contributed by atoms with Crippen molar-refractivity contribution in [3.05, 3.63) is 193 Å². The highest BCUT2D eigenvalue weighted by molar-refractivity contribution is 5.96. The number of pyridine rings is 1. The van der Waals surface area contributed by atoms with Crippen LogP contribution in [-0.2, 0) is 5.41 Å². The van der Waals surface area contributed by atoms with E-state index in [-0.39, 0.29) is 5.41 Å². The minimum atomic E-state index is -0.350. The van der Waals surface area contributed by atoms with E-state index in [0.29, 0.717) is 17.5 Å². The third kappa shape index (κ3) is 5.96. The zero-order valence-electron chi connectivity index (χ0n) is 31.5. The molecule has 5 nitrogen and oxygen atoms in total. The molecule has 0 aliphatic heterocycles. The molecule has 5 heteroatoms. The highest BCUT2D eigenvalue weighted by atomic mass is 15.0. The van der Waals surface area contributed by atoms with Gasteiger partial charge in [0.05, 0.1) is 17.1 Å². The summed E-state index contributed by atoms with van der Waals surface area (Å²) in [6.07, 6.45) is 1.85. The number of rotatable bonds is 6. The van der Waals surface area contributed by atoms with Gasteiger partial charge >= 0.3 is 0 Å². The number of hydrogen-bond acceptors (Lipinski definition) is 5. The van der Waals surface area contributed by atoms with Crippen molar-refractivity contribution in [2.75, 3.05) is 0 Å². The van der Waals surface area contributed by atoms with E-state index < -0.39 is 0 Å². The van der Waals surface area contributed by atoms with Gasteiger partial charge in [-0.05, 0) is 86.5 Å². The van der Waals surface area contributed by atoms with Gasteiger partial charge in [0.25, 0.3) is 0 Å². The summed E-state index contributed by atoms with van der Waals surface area (Å²) in [6, 6.07) is 61.0. The van der Waals surface area contributed by atoms with Gasteiger partial charge in [-0.1, -0.05) is 147 Å². The molecule has 9 aromatic rings. The van der Waals surface area contributed by atoms with Crippen LogP contribution < -0.4 is 0 Å². The smallest absolute Gasteiger partial charge is 0.164 e. The number of aromatic nitrogens is 4. The molecule has 1 aliphatic rings. The molecule has 268 valence electrons. The number of nitrogens with zero attached hydrogens (tertiary/aromatic N) is 5. The Morgan fingerprint density at radius 1 is 0.439 bits per heavy atom. The summed E-state index contributed by atoms with van der Waals surface area (Å²) in [6.45, 7) is 4.44. The fraction of sp³-hybridized carbons (Fsp3) is 0.0577. The van der Waals surface area contributed by atoms with E-state index in [2.05, 4.69) is 135 Å². The lowest BCUT2D eigenvalue weighted by atomic mass is 9.79. The van der Waals surface area contributed by atoms with Crippen LogP contribution in [0.4, 0.5) is 0 Å². The predicted octanol–water partition coefficient (Wildman–Crippen LogP) is 12.6. The molecule has 0 fully saturated rings. The molecule has 10 rings (SSSR count). The van der Waals surface area contributed by atoms with Crippen LogP contribution in [0, 0.1) is 11.3 Å². The van der Waals surface area contributed by atoms with Crippen LogP contribution in [0.25, 0.3) is 89.6 Å². The number of nitriles is 1. The van der Waals surface area contributed by atoms with E-state index in [9.17, 15) is 5.26 Å². The molecule has 0 radical (unpaired) electrons. The van der Waals surface area contributed by atoms with Gasteiger partial charge in [0, 0.05) is 39.3 Å². The van der Waals surface area contributed by atoms with Crippen molar-refractivity contribution in [3.8, 4) is 84.7 Å². The molecule has 0 atom stereocenters. The standard InChI is InChI=1S/C52H35N5/c1-52(2)46-31-38(25-26-44(46)45-20-10-17-39(32-53)47(45)52)40-28-41(43-19-9-16-35-18-11-27-54-48(35)43)30-42(29-40)51-56-49(36-14-7-4-8-15-36)55-50(57-51)37-23-21-34(22-24-37)33-12-5-3-6-13-33/h3-31H,1-2H3. The van der Waals surface area contributed by atoms with Crippen molar-refractivity contribution in [1.82, 2.24) is 19.9 Å². The van der Waals surface area contributed by atoms with Crippen LogP contribution in [0.3, 0.4) is 0 Å². The topological polar surface area (TPSA) is 75.3 Å². The largest absolute Gasteiger partial charge is 0.256 e. The first kappa shape index (κ1) is 34.0. The Kier molecular flexibility index (Phi) is 8.13. The molecule has 7 aromatic carbocycles. The molecule has 2 heterocycles. The fourth-order valence-electron chi connectivity index (χ4n) is 8.36. The van der Waals surface area contributed by atoms with E-state index in [1.54, 1.807) is 0 Å². The maximum absolute atomic E-state index is 10.1. The third-order valence-electron chi connectivity index (χ3n) is 11.2. The third-order valence-corrected chi connectivity index (χ3v) is 11.2. The summed E-state index contributed by atoms with van der Waals surface area (Å²) < 4.78 is 0. The van der Waals surface area contributed by atoms with E-state index in [1.807, 2.05) is 60.8 Å². The van der Waals surface area contributed by atoms with Gasteiger partial charge < -0.3 is 0 Å². The molecule has 0 spiro atoms. The van der Waals surface area contributed by atoms with Crippen molar-refractivity contribution >= 4 is 10.9 Å². The van der Waals surface area contributed by atoms with Gasteiger partial charge in [0.15, 0.2) is 17.5 Å². The summed E-state index contributed by atoms with van der Waals surface area (Å²) in [4.78, 5) is 20.2. The summed E-state index contributed by atoms with van der Waals surface area (Å²) in [5.41, 5.74) is 15.0. The first-order valence-corrected chi connectivity index (χ1v) is 19.1. The fourth-order valence-corrected chi connectivity index (χ4v) is 8.36. The van der Waals surface area contributed by atoms with Gasteiger partial charge in [-0.2, -0.15) is 5.26 Å². The Morgan fingerprint density at radius 3 is 1.74 bits per heavy atom. The van der Waals surface area contributed by atoms with Crippen LogP contribution in [0.1, 0.15) is 30.5 Å². The molecule has 1 aliphatic carbocycles. The van der Waals surface area contributed by atoms with Crippen molar-refractivity contribution in [2.45, 2.75) is 19.3 Å². The van der Waals surface area contributed by atoms with E-state index in [0.717, 1.165) is 77.7 Å². The second-order valence-corrected chi connectivity index (χ2v) is 15.0. The van der Waals surface area contributed by atoms with Gasteiger partial charge in [-0.15, -0.1) is 0 Å². The minimum Gasteiger partial charge on any atom is -0.256 e.